The van der Waals surface area contributed by atoms with Gasteiger partial charge in [0, 0.05) is 12.7 Å². The van der Waals surface area contributed by atoms with E-state index < -0.39 is 0 Å². The van der Waals surface area contributed by atoms with E-state index in [0.29, 0.717) is 0 Å². The lowest BCUT2D eigenvalue weighted by Gasteiger charge is -2.24. The molecule has 2 aliphatic rings. The standard InChI is InChI=1S/C12H13N2/c1-11(12-7-3-4-8-13-12)14-9-5-2-6-10-14/h2-7,9H,1,8,10H2. The van der Waals surface area contributed by atoms with E-state index in [-0.39, 0.29) is 0 Å². The van der Waals surface area contributed by atoms with E-state index in [1.807, 2.05) is 36.6 Å². The van der Waals surface area contributed by atoms with Crippen LogP contribution < -0.4 is 5.32 Å². The number of allylic oxidation sites excluding steroid dienone is 4. The molecule has 0 aromatic rings. The third kappa shape index (κ3) is 1.79. The van der Waals surface area contributed by atoms with E-state index >= 15 is 0 Å². The van der Waals surface area contributed by atoms with Crippen LogP contribution in [-0.4, -0.2) is 18.0 Å². The van der Waals surface area contributed by atoms with Crippen molar-refractivity contribution in [1.82, 2.24) is 10.2 Å². The molecule has 0 spiro atoms. The Balaban J connectivity index is 2.07. The van der Waals surface area contributed by atoms with Gasteiger partial charge in [-0.25, -0.2) is 0 Å². The van der Waals surface area contributed by atoms with Crippen LogP contribution in [0.5, 0.6) is 0 Å². The minimum absolute atomic E-state index is 0.762. The van der Waals surface area contributed by atoms with Gasteiger partial charge in [0.05, 0.1) is 17.9 Å². The Hall–Kier alpha value is -1.70. The van der Waals surface area contributed by atoms with Gasteiger partial charge in [-0.1, -0.05) is 30.9 Å². The third-order valence-electron chi connectivity index (χ3n) is 2.21. The van der Waals surface area contributed by atoms with E-state index in [2.05, 4.69) is 22.9 Å². The second-order valence-electron chi connectivity index (χ2n) is 3.19. The molecule has 0 aliphatic carbocycles. The van der Waals surface area contributed by atoms with Crippen molar-refractivity contribution in [2.45, 2.75) is 0 Å². The zero-order chi connectivity index (χ0) is 9.80. The largest absolute Gasteiger partial charge is 0.343 e. The predicted octanol–water partition coefficient (Wildman–Crippen LogP) is 1.94. The molecule has 0 fully saturated rings. The fourth-order valence-electron chi connectivity index (χ4n) is 1.43. The molecule has 2 heteroatoms. The quantitative estimate of drug-likeness (QED) is 0.642. The Morgan fingerprint density at radius 1 is 1.29 bits per heavy atom. The van der Waals surface area contributed by atoms with Crippen molar-refractivity contribution in [3.63, 3.8) is 0 Å². The second-order valence-corrected chi connectivity index (χ2v) is 3.19. The van der Waals surface area contributed by atoms with Gasteiger partial charge < -0.3 is 4.90 Å². The van der Waals surface area contributed by atoms with Crippen molar-refractivity contribution in [1.29, 1.82) is 0 Å². The second kappa shape index (κ2) is 4.01. The summed E-state index contributed by atoms with van der Waals surface area (Å²) in [6, 6.07) is 0. The van der Waals surface area contributed by atoms with Gasteiger partial charge in [-0.3, -0.25) is 5.32 Å². The van der Waals surface area contributed by atoms with Crippen molar-refractivity contribution in [2.75, 3.05) is 13.1 Å². The first-order chi connectivity index (χ1) is 6.88. The summed E-state index contributed by atoms with van der Waals surface area (Å²) in [5.41, 5.74) is 1.95. The van der Waals surface area contributed by atoms with Crippen LogP contribution in [0.2, 0.25) is 0 Å². The SMILES string of the molecule is C=C(C1=CC=CC[N]1)N1C=CC=CC1. The first kappa shape index (κ1) is 8.88. The highest BCUT2D eigenvalue weighted by Crippen LogP contribution is 2.16. The van der Waals surface area contributed by atoms with E-state index in [9.17, 15) is 0 Å². The van der Waals surface area contributed by atoms with Gasteiger partial charge in [-0.2, -0.15) is 0 Å². The highest BCUT2D eigenvalue weighted by Gasteiger charge is 2.10. The Labute approximate surface area is 84.6 Å². The lowest BCUT2D eigenvalue weighted by molar-refractivity contribution is 0.512. The minimum Gasteiger partial charge on any atom is -0.343 e. The average Bonchev–Trinajstić information content (AvgIpc) is 2.30. The summed E-state index contributed by atoms with van der Waals surface area (Å²) in [5, 5.41) is 4.38. The topological polar surface area (TPSA) is 17.3 Å². The van der Waals surface area contributed by atoms with Gasteiger partial charge in [-0.05, 0) is 12.2 Å². The summed E-state index contributed by atoms with van der Waals surface area (Å²) in [5.74, 6) is 0. The van der Waals surface area contributed by atoms with E-state index in [0.717, 1.165) is 24.5 Å². The zero-order valence-electron chi connectivity index (χ0n) is 8.06. The first-order valence-corrected chi connectivity index (χ1v) is 4.71. The summed E-state index contributed by atoms with van der Waals surface area (Å²) >= 11 is 0. The molecule has 0 aromatic carbocycles. The molecule has 0 bridgehead atoms. The molecule has 0 aromatic heterocycles. The molecule has 1 radical (unpaired) electrons. The lowest BCUT2D eigenvalue weighted by Crippen LogP contribution is -2.23. The average molecular weight is 185 g/mol. The molecule has 0 saturated heterocycles. The van der Waals surface area contributed by atoms with Gasteiger partial charge in [0.25, 0.3) is 0 Å². The van der Waals surface area contributed by atoms with Crippen LogP contribution in [0.15, 0.2) is 60.6 Å². The van der Waals surface area contributed by atoms with Crippen LogP contribution in [0, 0.1) is 0 Å². The van der Waals surface area contributed by atoms with Crippen LogP contribution in [0.25, 0.3) is 0 Å². The Morgan fingerprint density at radius 2 is 2.21 bits per heavy atom. The maximum atomic E-state index is 4.38. The van der Waals surface area contributed by atoms with E-state index in [4.69, 9.17) is 0 Å². The van der Waals surface area contributed by atoms with Crippen LogP contribution in [-0.2, 0) is 0 Å². The fourth-order valence-corrected chi connectivity index (χ4v) is 1.43. The van der Waals surface area contributed by atoms with Crippen LogP contribution in [0.3, 0.4) is 0 Å². The highest BCUT2D eigenvalue weighted by atomic mass is 15.1. The molecule has 0 saturated carbocycles. The van der Waals surface area contributed by atoms with Gasteiger partial charge in [0.15, 0.2) is 0 Å². The zero-order valence-corrected chi connectivity index (χ0v) is 8.06. The number of nitrogens with zero attached hydrogens (tertiary/aromatic N) is 2. The van der Waals surface area contributed by atoms with Gasteiger partial charge in [-0.15, -0.1) is 0 Å². The van der Waals surface area contributed by atoms with Crippen molar-refractivity contribution in [3.05, 3.63) is 60.6 Å². The Morgan fingerprint density at radius 3 is 2.86 bits per heavy atom. The Kier molecular flexibility index (Phi) is 2.54. The fraction of sp³-hybridized carbons (Fsp3) is 0.167. The number of hydrogen-bond donors (Lipinski definition) is 0. The maximum Gasteiger partial charge on any atom is 0.0808 e. The predicted molar refractivity (Wildman–Crippen MR) is 58.4 cm³/mol. The molecule has 0 unspecified atom stereocenters. The molecular formula is C12H13N2. The van der Waals surface area contributed by atoms with Crippen LogP contribution in [0.4, 0.5) is 0 Å². The molecule has 2 heterocycles. The maximum absolute atomic E-state index is 4.38. The molecule has 0 amide bonds. The summed E-state index contributed by atoms with van der Waals surface area (Å²) in [6.07, 6.45) is 14.2. The van der Waals surface area contributed by atoms with E-state index in [1.165, 1.54) is 0 Å². The first-order valence-electron chi connectivity index (χ1n) is 4.71. The summed E-state index contributed by atoms with van der Waals surface area (Å²) in [7, 11) is 0. The molecular weight excluding hydrogens is 172 g/mol. The van der Waals surface area contributed by atoms with Crippen molar-refractivity contribution >= 4 is 0 Å². The van der Waals surface area contributed by atoms with Gasteiger partial charge in [0.1, 0.15) is 0 Å². The summed E-state index contributed by atoms with van der Waals surface area (Å²) in [6.45, 7) is 5.69. The molecule has 0 N–H and O–H groups in total. The summed E-state index contributed by atoms with van der Waals surface area (Å²) < 4.78 is 0. The van der Waals surface area contributed by atoms with Crippen LogP contribution >= 0.6 is 0 Å². The molecule has 2 rings (SSSR count). The van der Waals surface area contributed by atoms with Gasteiger partial charge in [0.2, 0.25) is 0 Å². The lowest BCUT2D eigenvalue weighted by atomic mass is 10.2. The smallest absolute Gasteiger partial charge is 0.0808 e. The molecule has 0 atom stereocenters. The number of rotatable bonds is 2. The highest BCUT2D eigenvalue weighted by molar-refractivity contribution is 5.34. The Bertz CT molecular complexity index is 345. The normalized spacial score (nSPS) is 19.1. The monoisotopic (exact) mass is 185 g/mol. The molecule has 14 heavy (non-hydrogen) atoms. The minimum atomic E-state index is 0.762. The third-order valence-corrected chi connectivity index (χ3v) is 2.21. The summed E-state index contributed by atoms with van der Waals surface area (Å²) in [4.78, 5) is 2.09. The molecule has 71 valence electrons. The van der Waals surface area contributed by atoms with Gasteiger partial charge >= 0.3 is 0 Å². The van der Waals surface area contributed by atoms with Crippen molar-refractivity contribution < 1.29 is 0 Å². The van der Waals surface area contributed by atoms with Crippen molar-refractivity contribution in [3.8, 4) is 0 Å². The molecule has 2 aliphatic heterocycles. The number of hydrogen-bond acceptors (Lipinski definition) is 1. The van der Waals surface area contributed by atoms with Crippen LogP contribution in [0.1, 0.15) is 0 Å². The van der Waals surface area contributed by atoms with E-state index in [1.54, 1.807) is 0 Å². The van der Waals surface area contributed by atoms with Crippen molar-refractivity contribution in [2.24, 2.45) is 0 Å². The molecule has 2 nitrogen and oxygen atoms in total.